The lowest BCUT2D eigenvalue weighted by atomic mass is 10.4. The van der Waals surface area contributed by atoms with E-state index in [0.29, 0.717) is 0 Å². The van der Waals surface area contributed by atoms with Gasteiger partial charge >= 0.3 is 5.97 Å². The van der Waals surface area contributed by atoms with Crippen molar-refractivity contribution in [3.05, 3.63) is 0 Å². The molecule has 0 amide bonds. The van der Waals surface area contributed by atoms with Gasteiger partial charge in [-0.05, 0) is 32.0 Å². The summed E-state index contributed by atoms with van der Waals surface area (Å²) >= 11 is 5.45. The minimum Gasteiger partial charge on any atom is -0.462 e. The Bertz CT molecular complexity index is 226. The lowest BCUT2D eigenvalue weighted by Crippen LogP contribution is -2.33. The van der Waals surface area contributed by atoms with Crippen molar-refractivity contribution in [1.29, 1.82) is 0 Å². The smallest absolute Gasteiger partial charge is 0.323 e. The van der Waals surface area contributed by atoms with Crippen LogP contribution in [0.4, 0.5) is 0 Å². The highest BCUT2D eigenvalue weighted by molar-refractivity contribution is 7.87. The van der Waals surface area contributed by atoms with Gasteiger partial charge in [0.1, 0.15) is 6.04 Å². The van der Waals surface area contributed by atoms with E-state index in [-0.39, 0.29) is 6.10 Å². The highest BCUT2D eigenvalue weighted by Gasteiger charge is 2.21. The lowest BCUT2D eigenvalue weighted by molar-refractivity contribution is -0.148. The van der Waals surface area contributed by atoms with Crippen molar-refractivity contribution < 1.29 is 14.1 Å². The van der Waals surface area contributed by atoms with E-state index in [1.165, 1.54) is 6.66 Å². The number of hydrogen-bond acceptors (Lipinski definition) is 3. The third kappa shape index (κ3) is 7.05. The van der Waals surface area contributed by atoms with E-state index in [1.54, 1.807) is 20.8 Å². The number of halogens is 1. The van der Waals surface area contributed by atoms with Gasteiger partial charge in [0, 0.05) is 6.66 Å². The van der Waals surface area contributed by atoms with Crippen molar-refractivity contribution in [2.24, 2.45) is 0 Å². The van der Waals surface area contributed by atoms with Gasteiger partial charge < -0.3 is 4.74 Å². The van der Waals surface area contributed by atoms with Gasteiger partial charge in [0.05, 0.1) is 6.10 Å². The molecule has 0 aliphatic heterocycles. The summed E-state index contributed by atoms with van der Waals surface area (Å²) in [7, 11) is 0. The predicted molar refractivity (Wildman–Crippen MR) is 53.2 cm³/mol. The summed E-state index contributed by atoms with van der Waals surface area (Å²) < 4.78 is 15.9. The highest BCUT2D eigenvalue weighted by atomic mass is 35.7. The first-order chi connectivity index (χ1) is 5.72. The Hall–Kier alpha value is -0.0500. The second-order valence-electron chi connectivity index (χ2n) is 3.16. The van der Waals surface area contributed by atoms with Crippen LogP contribution in [0.25, 0.3) is 0 Å². The van der Waals surface area contributed by atoms with Crippen molar-refractivity contribution in [1.82, 2.24) is 5.09 Å². The van der Waals surface area contributed by atoms with Gasteiger partial charge in [0.2, 0.25) is 6.65 Å². The third-order valence-electron chi connectivity index (χ3n) is 1.13. The second kappa shape index (κ2) is 4.99. The van der Waals surface area contributed by atoms with Crippen LogP contribution in [0.3, 0.4) is 0 Å². The topological polar surface area (TPSA) is 55.4 Å². The zero-order valence-electron chi connectivity index (χ0n) is 8.20. The van der Waals surface area contributed by atoms with Gasteiger partial charge in [-0.3, -0.25) is 9.36 Å². The van der Waals surface area contributed by atoms with Crippen LogP contribution in [0.2, 0.25) is 0 Å². The highest BCUT2D eigenvalue weighted by Crippen LogP contribution is 2.42. The van der Waals surface area contributed by atoms with Crippen molar-refractivity contribution in [2.75, 3.05) is 6.66 Å². The molecule has 0 spiro atoms. The fraction of sp³-hybridized carbons (Fsp3) is 0.857. The maximum absolute atomic E-state index is 11.2. The summed E-state index contributed by atoms with van der Waals surface area (Å²) in [6, 6.07) is -0.643. The molecule has 0 aromatic carbocycles. The molecule has 0 fully saturated rings. The number of hydrogen-bond donors (Lipinski definition) is 1. The molecule has 0 aromatic rings. The molecule has 0 rings (SSSR count). The predicted octanol–water partition coefficient (Wildman–Crippen LogP) is 1.98. The molecule has 0 saturated heterocycles. The zero-order chi connectivity index (χ0) is 10.6. The normalized spacial score (nSPS) is 18.0. The first kappa shape index (κ1) is 12.9. The van der Waals surface area contributed by atoms with Gasteiger partial charge in [-0.15, -0.1) is 0 Å². The van der Waals surface area contributed by atoms with Crippen molar-refractivity contribution in [2.45, 2.75) is 32.9 Å². The summed E-state index contributed by atoms with van der Waals surface area (Å²) in [6.45, 7) is 3.50. The summed E-state index contributed by atoms with van der Waals surface area (Å²) in [5.41, 5.74) is 0. The molecule has 1 unspecified atom stereocenters. The molecule has 0 heterocycles. The molecule has 6 heteroatoms. The monoisotopic (exact) mass is 227 g/mol. The van der Waals surface area contributed by atoms with Crippen LogP contribution < -0.4 is 5.09 Å². The summed E-state index contributed by atoms with van der Waals surface area (Å²) in [5.74, 6) is -0.447. The summed E-state index contributed by atoms with van der Waals surface area (Å²) in [6.07, 6.45) is -0.177. The summed E-state index contributed by atoms with van der Waals surface area (Å²) in [5, 5.41) is 2.47. The fourth-order valence-corrected chi connectivity index (χ4v) is 1.97. The Kier molecular flexibility index (Phi) is 4.97. The molecule has 4 nitrogen and oxygen atoms in total. The zero-order valence-corrected chi connectivity index (χ0v) is 9.85. The molecule has 1 N–H and O–H groups in total. The van der Waals surface area contributed by atoms with Crippen molar-refractivity contribution in [3.63, 3.8) is 0 Å². The Balaban J connectivity index is 4.05. The Morgan fingerprint density at radius 2 is 1.92 bits per heavy atom. The Morgan fingerprint density at radius 3 is 2.23 bits per heavy atom. The average Bonchev–Trinajstić information content (AvgIpc) is 1.81. The number of carbonyl (C=O) groups excluding carboxylic acids is 1. The van der Waals surface area contributed by atoms with Crippen LogP contribution in [0.5, 0.6) is 0 Å². The van der Waals surface area contributed by atoms with Gasteiger partial charge in [-0.2, -0.15) is 0 Å². The molecular formula is C7H15ClNO3P. The SMILES string of the molecule is CC(C)OC(=O)[C@H](C)NP(C)(=O)Cl. The molecule has 78 valence electrons. The van der Waals surface area contributed by atoms with E-state index in [0.717, 1.165) is 0 Å². The average molecular weight is 228 g/mol. The third-order valence-corrected chi connectivity index (χ3v) is 2.27. The van der Waals surface area contributed by atoms with E-state index >= 15 is 0 Å². The fourth-order valence-electron chi connectivity index (χ4n) is 0.733. The standard InChI is InChI=1S/C7H15ClNO3P/c1-5(2)12-7(10)6(3)9-13(4,8)11/h5-6H,1-4H3,(H,9,11)/t6-,13?/m0/s1. The molecule has 0 aliphatic rings. The summed E-state index contributed by atoms with van der Waals surface area (Å²) in [4.78, 5) is 11.2. The Morgan fingerprint density at radius 1 is 1.46 bits per heavy atom. The van der Waals surface area contributed by atoms with Crippen molar-refractivity contribution in [3.8, 4) is 0 Å². The Labute approximate surface area is 83.2 Å². The molecular weight excluding hydrogens is 213 g/mol. The van der Waals surface area contributed by atoms with E-state index in [4.69, 9.17) is 16.0 Å². The first-order valence-electron chi connectivity index (χ1n) is 3.98. The van der Waals surface area contributed by atoms with E-state index in [1.807, 2.05) is 0 Å². The first-order valence-corrected chi connectivity index (χ1v) is 7.03. The molecule has 0 bridgehead atoms. The van der Waals surface area contributed by atoms with E-state index in [9.17, 15) is 9.36 Å². The van der Waals surface area contributed by atoms with Crippen LogP contribution in [-0.2, 0) is 14.1 Å². The lowest BCUT2D eigenvalue weighted by Gasteiger charge is -2.16. The molecule has 13 heavy (non-hydrogen) atoms. The minimum absolute atomic E-state index is 0.177. The minimum atomic E-state index is -2.90. The van der Waals surface area contributed by atoms with E-state index in [2.05, 4.69) is 5.09 Å². The van der Waals surface area contributed by atoms with E-state index < -0.39 is 18.7 Å². The van der Waals surface area contributed by atoms with Crippen molar-refractivity contribution >= 4 is 23.9 Å². The second-order valence-corrected chi connectivity index (χ2v) is 6.99. The van der Waals surface area contributed by atoms with Crippen LogP contribution in [0.1, 0.15) is 20.8 Å². The van der Waals surface area contributed by atoms with Gasteiger partial charge in [0.25, 0.3) is 0 Å². The van der Waals surface area contributed by atoms with Crippen LogP contribution in [0.15, 0.2) is 0 Å². The number of carbonyl (C=O) groups is 1. The van der Waals surface area contributed by atoms with Gasteiger partial charge in [0.15, 0.2) is 0 Å². The molecule has 2 atom stereocenters. The molecule has 0 radical (unpaired) electrons. The maximum Gasteiger partial charge on any atom is 0.323 e. The number of rotatable bonds is 4. The molecule has 0 aliphatic carbocycles. The van der Waals surface area contributed by atoms with Gasteiger partial charge in [-0.25, -0.2) is 5.09 Å². The number of nitrogens with one attached hydrogen (secondary N) is 1. The maximum atomic E-state index is 11.2. The quantitative estimate of drug-likeness (QED) is 0.589. The van der Waals surface area contributed by atoms with Crippen LogP contribution >= 0.6 is 17.9 Å². The van der Waals surface area contributed by atoms with Crippen LogP contribution in [0, 0.1) is 0 Å². The number of esters is 1. The van der Waals surface area contributed by atoms with Gasteiger partial charge in [-0.1, -0.05) is 0 Å². The number of ether oxygens (including phenoxy) is 1. The largest absolute Gasteiger partial charge is 0.462 e. The molecule has 0 aromatic heterocycles. The van der Waals surface area contributed by atoms with Crippen LogP contribution in [-0.4, -0.2) is 24.8 Å². The molecule has 0 saturated carbocycles.